The maximum absolute atomic E-state index is 12.3. The predicted molar refractivity (Wildman–Crippen MR) is 68.5 cm³/mol. The van der Waals surface area contributed by atoms with Crippen molar-refractivity contribution in [3.63, 3.8) is 0 Å². The topological polar surface area (TPSA) is 73.9 Å². The molecule has 1 atom stereocenters. The number of nitriles is 2. The number of esters is 1. The van der Waals surface area contributed by atoms with E-state index in [-0.39, 0.29) is 0 Å². The first-order valence-electron chi connectivity index (χ1n) is 6.19. The maximum atomic E-state index is 12.3. The van der Waals surface area contributed by atoms with Crippen molar-refractivity contribution in [1.29, 1.82) is 10.5 Å². The van der Waals surface area contributed by atoms with Crippen LogP contribution in [0, 0.1) is 34.0 Å². The van der Waals surface area contributed by atoms with E-state index in [0.29, 0.717) is 0 Å². The van der Waals surface area contributed by atoms with Crippen LogP contribution in [0.5, 0.6) is 0 Å². The monoisotopic (exact) mass is 302 g/mol. The van der Waals surface area contributed by atoms with Crippen LogP contribution in [-0.2, 0) is 9.53 Å². The zero-order valence-electron chi connectivity index (χ0n) is 12.1. The van der Waals surface area contributed by atoms with Gasteiger partial charge in [-0.3, -0.25) is 4.79 Å². The Morgan fingerprint density at radius 3 is 2.10 bits per heavy atom. The third-order valence-corrected chi connectivity index (χ3v) is 3.15. The molecule has 0 aliphatic heterocycles. The number of halogens is 3. The third-order valence-electron chi connectivity index (χ3n) is 3.15. The average Bonchev–Trinajstić information content (AvgIpc) is 2.38. The first kappa shape index (κ1) is 19.0. The highest BCUT2D eigenvalue weighted by Crippen LogP contribution is 2.37. The van der Waals surface area contributed by atoms with Gasteiger partial charge in [0.05, 0.1) is 18.1 Å². The summed E-state index contributed by atoms with van der Waals surface area (Å²) in [5, 5.41) is 18.2. The minimum absolute atomic E-state index is 0.783. The molecule has 0 aromatic heterocycles. The van der Waals surface area contributed by atoms with Gasteiger partial charge in [-0.25, -0.2) is 0 Å². The maximum Gasteiger partial charge on any atom is 0.389 e. The summed E-state index contributed by atoms with van der Waals surface area (Å²) in [5.41, 5.74) is -3.12. The second-order valence-corrected chi connectivity index (χ2v) is 5.26. The van der Waals surface area contributed by atoms with Crippen LogP contribution in [0.3, 0.4) is 0 Å². The fourth-order valence-electron chi connectivity index (χ4n) is 1.48. The standard InChI is InChI=1S/C14H17F3N2O2/c1-5-12(3,4)21-11(20)10(2)13(8-18,9-19)6-7-14(15,16)17/h5,10H,1,6-7H2,2-4H3. The van der Waals surface area contributed by atoms with Gasteiger partial charge < -0.3 is 4.74 Å². The molecule has 0 bridgehead atoms. The van der Waals surface area contributed by atoms with Gasteiger partial charge >= 0.3 is 12.1 Å². The lowest BCUT2D eigenvalue weighted by molar-refractivity contribution is -0.162. The van der Waals surface area contributed by atoms with Gasteiger partial charge in [0.25, 0.3) is 0 Å². The summed E-state index contributed by atoms with van der Waals surface area (Å²) in [6.07, 6.45) is -5.28. The molecule has 0 aliphatic rings. The predicted octanol–water partition coefficient (Wildman–Crippen LogP) is 3.51. The highest BCUT2D eigenvalue weighted by atomic mass is 19.4. The molecule has 0 heterocycles. The lowest BCUT2D eigenvalue weighted by Gasteiger charge is -2.28. The largest absolute Gasteiger partial charge is 0.455 e. The Labute approximate surface area is 121 Å². The van der Waals surface area contributed by atoms with Crippen molar-refractivity contribution < 1.29 is 22.7 Å². The Morgan fingerprint density at radius 1 is 1.29 bits per heavy atom. The van der Waals surface area contributed by atoms with Gasteiger partial charge in [-0.05, 0) is 33.3 Å². The summed E-state index contributed by atoms with van der Waals surface area (Å²) >= 11 is 0. The molecule has 0 N–H and O–H groups in total. The van der Waals surface area contributed by atoms with Gasteiger partial charge in [0.15, 0.2) is 5.41 Å². The molecule has 116 valence electrons. The van der Waals surface area contributed by atoms with E-state index in [9.17, 15) is 18.0 Å². The van der Waals surface area contributed by atoms with Gasteiger partial charge in [-0.15, -0.1) is 0 Å². The molecule has 4 nitrogen and oxygen atoms in total. The fourth-order valence-corrected chi connectivity index (χ4v) is 1.48. The van der Waals surface area contributed by atoms with Crippen LogP contribution in [0.2, 0.25) is 0 Å². The Kier molecular flexibility index (Phi) is 5.98. The number of ether oxygens (including phenoxy) is 1. The Morgan fingerprint density at radius 2 is 1.76 bits per heavy atom. The molecule has 0 rings (SSSR count). The molecule has 1 unspecified atom stereocenters. The van der Waals surface area contributed by atoms with E-state index >= 15 is 0 Å². The molecule has 0 aliphatic carbocycles. The summed E-state index contributed by atoms with van der Waals surface area (Å²) in [5.74, 6) is -2.22. The number of nitrogens with zero attached hydrogens (tertiary/aromatic N) is 2. The second kappa shape index (κ2) is 6.62. The number of hydrogen-bond acceptors (Lipinski definition) is 4. The van der Waals surface area contributed by atoms with Crippen molar-refractivity contribution in [2.75, 3.05) is 0 Å². The number of rotatable bonds is 6. The molecular formula is C14H17F3N2O2. The lowest BCUT2D eigenvalue weighted by Crippen LogP contribution is -2.37. The normalized spacial score (nSPS) is 13.7. The Bertz CT molecular complexity index is 470. The van der Waals surface area contributed by atoms with Crippen molar-refractivity contribution >= 4 is 5.97 Å². The molecule has 0 saturated heterocycles. The first-order valence-corrected chi connectivity index (χ1v) is 6.19. The van der Waals surface area contributed by atoms with Gasteiger partial charge in [-0.1, -0.05) is 6.58 Å². The minimum atomic E-state index is -4.51. The van der Waals surface area contributed by atoms with E-state index in [1.54, 1.807) is 0 Å². The molecule has 0 fully saturated rings. The van der Waals surface area contributed by atoms with E-state index in [2.05, 4.69) is 6.58 Å². The summed E-state index contributed by atoms with van der Waals surface area (Å²) in [4.78, 5) is 12.0. The third kappa shape index (κ3) is 5.47. The number of carbonyl (C=O) groups excluding carboxylic acids is 1. The van der Waals surface area contributed by atoms with Crippen LogP contribution < -0.4 is 0 Å². The lowest BCUT2D eigenvalue weighted by atomic mass is 9.75. The zero-order valence-corrected chi connectivity index (χ0v) is 12.1. The Hall–Kier alpha value is -2.02. The van der Waals surface area contributed by atoms with Crippen molar-refractivity contribution in [1.82, 2.24) is 0 Å². The molecule has 0 aromatic rings. The van der Waals surface area contributed by atoms with E-state index in [0.717, 1.165) is 0 Å². The van der Waals surface area contributed by atoms with Crippen LogP contribution in [0.15, 0.2) is 12.7 Å². The smallest absolute Gasteiger partial charge is 0.389 e. The highest BCUT2D eigenvalue weighted by molar-refractivity contribution is 5.75. The van der Waals surface area contributed by atoms with Gasteiger partial charge in [0.2, 0.25) is 0 Å². The minimum Gasteiger partial charge on any atom is -0.455 e. The van der Waals surface area contributed by atoms with Crippen LogP contribution in [-0.4, -0.2) is 17.7 Å². The van der Waals surface area contributed by atoms with Crippen LogP contribution >= 0.6 is 0 Å². The van der Waals surface area contributed by atoms with Crippen molar-refractivity contribution in [3.05, 3.63) is 12.7 Å². The van der Waals surface area contributed by atoms with Gasteiger partial charge in [-0.2, -0.15) is 23.7 Å². The fraction of sp³-hybridized carbons (Fsp3) is 0.643. The molecule has 0 spiro atoms. The highest BCUT2D eigenvalue weighted by Gasteiger charge is 2.45. The molecule has 21 heavy (non-hydrogen) atoms. The van der Waals surface area contributed by atoms with Crippen molar-refractivity contribution in [2.45, 2.75) is 45.4 Å². The van der Waals surface area contributed by atoms with E-state index < -0.39 is 41.9 Å². The SMILES string of the molecule is C=CC(C)(C)OC(=O)C(C)C(C#N)(C#N)CCC(F)(F)F. The summed E-state index contributed by atoms with van der Waals surface area (Å²) in [6, 6.07) is 3.07. The Balaban J connectivity index is 5.21. The molecule has 0 aromatic carbocycles. The van der Waals surface area contributed by atoms with E-state index in [4.69, 9.17) is 15.3 Å². The molecule has 0 saturated carbocycles. The summed E-state index contributed by atoms with van der Waals surface area (Å²) < 4.78 is 42.0. The van der Waals surface area contributed by atoms with Crippen molar-refractivity contribution in [3.8, 4) is 12.1 Å². The molecule has 0 radical (unpaired) electrons. The van der Waals surface area contributed by atoms with E-state index in [1.807, 2.05) is 0 Å². The second-order valence-electron chi connectivity index (χ2n) is 5.26. The van der Waals surface area contributed by atoms with Crippen LogP contribution in [0.4, 0.5) is 13.2 Å². The molecule has 0 amide bonds. The number of hydrogen-bond donors (Lipinski definition) is 0. The van der Waals surface area contributed by atoms with Crippen LogP contribution in [0.25, 0.3) is 0 Å². The zero-order chi connectivity index (χ0) is 16.9. The summed E-state index contributed by atoms with van der Waals surface area (Å²) in [6.45, 7) is 7.73. The van der Waals surface area contributed by atoms with Gasteiger partial charge in [0, 0.05) is 6.42 Å². The van der Waals surface area contributed by atoms with Crippen molar-refractivity contribution in [2.24, 2.45) is 11.3 Å². The van der Waals surface area contributed by atoms with E-state index in [1.165, 1.54) is 39.0 Å². The first-order chi connectivity index (χ1) is 9.43. The van der Waals surface area contributed by atoms with Gasteiger partial charge in [0.1, 0.15) is 5.60 Å². The number of carbonyl (C=O) groups is 1. The van der Waals surface area contributed by atoms with Crippen LogP contribution in [0.1, 0.15) is 33.6 Å². The quantitative estimate of drug-likeness (QED) is 0.556. The number of alkyl halides is 3. The average molecular weight is 302 g/mol. The molecule has 7 heteroatoms. The molecular weight excluding hydrogens is 285 g/mol. The summed E-state index contributed by atoms with van der Waals surface area (Å²) in [7, 11) is 0.